The monoisotopic (exact) mass is 1110 g/mol. The summed E-state index contributed by atoms with van der Waals surface area (Å²) in [6.07, 6.45) is 0. The number of benzene rings is 12. The van der Waals surface area contributed by atoms with Crippen LogP contribution in [0.4, 0.5) is 85.3 Å². The molecule has 3 heterocycles. The maximum absolute atomic E-state index is 3.12. The number of anilines is 15. The topological polar surface area (TPSA) is 16.2 Å². The zero-order chi connectivity index (χ0) is 56.9. The van der Waals surface area contributed by atoms with Crippen LogP contribution in [-0.2, 0) is 10.8 Å². The van der Waals surface area contributed by atoms with Crippen LogP contribution in [0.3, 0.4) is 0 Å². The third-order valence-electron chi connectivity index (χ3n) is 19.3. The van der Waals surface area contributed by atoms with Crippen molar-refractivity contribution < 1.29 is 0 Å². The molecule has 12 aromatic rings. The smallest absolute Gasteiger partial charge is 0.161 e. The Balaban J connectivity index is 0.996. The van der Waals surface area contributed by atoms with Crippen molar-refractivity contribution >= 4 is 109 Å². The molecule has 3 aliphatic heterocycles. The lowest BCUT2D eigenvalue weighted by atomic mass is 9.79. The van der Waals surface area contributed by atoms with Crippen molar-refractivity contribution in [1.82, 2.24) is 0 Å². The van der Waals surface area contributed by atoms with Crippen molar-refractivity contribution in [2.75, 3.05) is 24.5 Å². The molecule has 5 nitrogen and oxygen atoms in total. The Bertz CT molecular complexity index is 4320. The molecule has 0 N–H and O–H groups in total. The molecule has 0 amide bonds. The van der Waals surface area contributed by atoms with Crippen LogP contribution >= 0.6 is 0 Å². The fraction of sp³-hybridized carbons (Fsp3) is 0.0886. The molecule has 6 heteroatoms. The van der Waals surface area contributed by atoms with E-state index in [2.05, 4.69) is 338 Å². The Morgan fingerprint density at radius 3 is 0.941 bits per heavy atom. The van der Waals surface area contributed by atoms with Crippen LogP contribution in [0.2, 0.25) is 6.55 Å². The van der Waals surface area contributed by atoms with Crippen molar-refractivity contribution in [2.24, 2.45) is 0 Å². The first-order chi connectivity index (χ1) is 41.6. The second-order valence-electron chi connectivity index (χ2n) is 24.6. The zero-order valence-electron chi connectivity index (χ0n) is 48.3. The minimum Gasteiger partial charge on any atom is -0.311 e. The van der Waals surface area contributed by atoms with Crippen LogP contribution in [0.5, 0.6) is 0 Å². The molecule has 12 aromatic carbocycles. The zero-order valence-corrected chi connectivity index (χ0v) is 49.3. The minimum absolute atomic E-state index is 0.450. The summed E-state index contributed by atoms with van der Waals surface area (Å²) in [6.45, 7) is 12.7. The second kappa shape index (κ2) is 18.2. The Hall–Kier alpha value is -10.1. The van der Waals surface area contributed by atoms with Gasteiger partial charge in [0.1, 0.15) is 0 Å². The highest BCUT2D eigenvalue weighted by Gasteiger charge is 2.60. The summed E-state index contributed by atoms with van der Waals surface area (Å²) in [4.78, 5) is 12.9. The number of fused-ring (bicyclic) bond motifs is 8. The SMILES string of the molecule is CC1(C)c2cc(N(c3ccccc3)c3ccccc3)ccc2-c2cc3c4c(c21)N(c1ccccc1)c1c2c(cc5c1[Si]4(C)c1c(cccc1N5c1ccccc1)N3c1ccccc1)-c1ccc(N(c3ccccc3)c3ccccc3)cc1C2(C)C. The van der Waals surface area contributed by atoms with E-state index >= 15 is 0 Å². The molecule has 0 saturated heterocycles. The third kappa shape index (κ3) is 6.86. The van der Waals surface area contributed by atoms with Crippen LogP contribution in [0.25, 0.3) is 22.3 Å². The maximum Gasteiger partial charge on any atom is 0.161 e. The maximum atomic E-state index is 2.79. The average molecular weight is 1110 g/mol. The molecule has 0 saturated carbocycles. The Morgan fingerprint density at radius 1 is 0.282 bits per heavy atom. The molecule has 17 rings (SSSR count). The summed E-state index contributed by atoms with van der Waals surface area (Å²) in [5, 5.41) is 4.38. The number of para-hydroxylation sites is 7. The van der Waals surface area contributed by atoms with E-state index in [4.69, 9.17) is 0 Å². The molecule has 0 radical (unpaired) electrons. The van der Waals surface area contributed by atoms with Crippen molar-refractivity contribution in [3.63, 3.8) is 0 Å². The molecular formula is C79H61N5Si. The van der Waals surface area contributed by atoms with Gasteiger partial charge in [0.25, 0.3) is 0 Å². The average Bonchev–Trinajstić information content (AvgIpc) is 1.66. The van der Waals surface area contributed by atoms with Crippen LogP contribution in [-0.4, -0.2) is 8.07 Å². The van der Waals surface area contributed by atoms with E-state index in [0.29, 0.717) is 0 Å². The first kappa shape index (κ1) is 49.5. The van der Waals surface area contributed by atoms with Crippen molar-refractivity contribution in [3.8, 4) is 22.3 Å². The highest BCUT2D eigenvalue weighted by atomic mass is 28.3. The Morgan fingerprint density at radius 2 is 0.600 bits per heavy atom. The molecular weight excluding hydrogens is 1050 g/mol. The van der Waals surface area contributed by atoms with E-state index in [1.807, 2.05) is 0 Å². The summed E-state index contributed by atoms with van der Waals surface area (Å²) in [5.74, 6) is 0. The molecule has 0 atom stereocenters. The van der Waals surface area contributed by atoms with Gasteiger partial charge < -0.3 is 24.5 Å². The number of rotatable bonds is 9. The Labute approximate surface area is 499 Å². The number of hydrogen-bond acceptors (Lipinski definition) is 5. The fourth-order valence-electron chi connectivity index (χ4n) is 15.8. The molecule has 5 aliphatic rings. The van der Waals surface area contributed by atoms with Crippen LogP contribution < -0.4 is 40.1 Å². The van der Waals surface area contributed by atoms with Gasteiger partial charge in [-0.15, -0.1) is 0 Å². The van der Waals surface area contributed by atoms with Gasteiger partial charge >= 0.3 is 0 Å². The molecule has 2 aliphatic carbocycles. The summed E-state index contributed by atoms with van der Waals surface area (Å²) in [5.41, 5.74) is 27.6. The van der Waals surface area contributed by atoms with Gasteiger partial charge in [0.05, 0.1) is 11.4 Å². The molecule has 0 bridgehead atoms. The molecule has 0 unspecified atom stereocenters. The fourth-order valence-corrected chi connectivity index (χ4v) is 20.8. The van der Waals surface area contributed by atoms with E-state index in [9.17, 15) is 0 Å². The quantitative estimate of drug-likeness (QED) is 0.134. The molecule has 0 spiro atoms. The van der Waals surface area contributed by atoms with E-state index in [1.165, 1.54) is 94.2 Å². The molecule has 85 heavy (non-hydrogen) atoms. The predicted molar refractivity (Wildman–Crippen MR) is 359 cm³/mol. The van der Waals surface area contributed by atoms with Gasteiger partial charge in [-0.05, 0) is 194 Å². The highest BCUT2D eigenvalue weighted by Crippen LogP contribution is 2.64. The van der Waals surface area contributed by atoms with E-state index in [1.54, 1.807) is 0 Å². The number of hydrogen-bond donors (Lipinski definition) is 0. The van der Waals surface area contributed by atoms with Crippen molar-refractivity contribution in [2.45, 2.75) is 45.1 Å². The van der Waals surface area contributed by atoms with Crippen LogP contribution in [0.1, 0.15) is 49.9 Å². The lowest BCUT2D eigenvalue weighted by molar-refractivity contribution is 0.656. The second-order valence-corrected chi connectivity index (χ2v) is 28.4. The lowest BCUT2D eigenvalue weighted by Gasteiger charge is -2.56. The Kier molecular flexibility index (Phi) is 10.6. The van der Waals surface area contributed by atoms with Gasteiger partial charge in [-0.1, -0.05) is 180 Å². The molecule has 0 aromatic heterocycles. The van der Waals surface area contributed by atoms with Gasteiger partial charge in [-0.2, -0.15) is 0 Å². The van der Waals surface area contributed by atoms with Gasteiger partial charge in [0, 0.05) is 84.8 Å². The van der Waals surface area contributed by atoms with E-state index in [-0.39, 0.29) is 0 Å². The highest BCUT2D eigenvalue weighted by molar-refractivity contribution is 7.16. The minimum atomic E-state index is -3.12. The summed E-state index contributed by atoms with van der Waals surface area (Å²) in [6, 6.07) is 104. The first-order valence-electron chi connectivity index (χ1n) is 29.9. The number of nitrogens with zero attached hydrogens (tertiary/aromatic N) is 5. The van der Waals surface area contributed by atoms with Crippen molar-refractivity contribution in [1.29, 1.82) is 0 Å². The van der Waals surface area contributed by atoms with Crippen LogP contribution in [0, 0.1) is 0 Å². The summed E-state index contributed by atoms with van der Waals surface area (Å²) in [7, 11) is -3.12. The predicted octanol–water partition coefficient (Wildman–Crippen LogP) is 19.7. The van der Waals surface area contributed by atoms with Gasteiger partial charge in [-0.3, -0.25) is 0 Å². The van der Waals surface area contributed by atoms with Crippen LogP contribution in [0.15, 0.2) is 279 Å². The van der Waals surface area contributed by atoms with E-state index in [0.717, 1.165) is 51.2 Å². The molecule has 406 valence electrons. The normalized spacial score (nSPS) is 15.1. The largest absolute Gasteiger partial charge is 0.311 e. The third-order valence-corrected chi connectivity index (χ3v) is 23.8. The van der Waals surface area contributed by atoms with Gasteiger partial charge in [0.2, 0.25) is 0 Å². The first-order valence-corrected chi connectivity index (χ1v) is 32.4. The standard InChI is InChI=1S/C79H61N5Si/c1-78(2)65-48-59(80(52-28-13-6-14-29-52)53-30-15-7-16-31-53)44-46-61(65)63-50-69-76-73(71(63)78)84(58-40-25-12-26-41-58)74-72-64(62-47-45-60(49-66(62)79(72,3)4)81(54-32-17-8-18-33-54)55-34-19-9-20-35-55)51-70-77(74)85(76,5)75-67(82(69)56-36-21-10-22-37-56)42-27-43-68(75)83(70)57-38-23-11-24-39-57/h6-51H,1-5H3. The van der Waals surface area contributed by atoms with Gasteiger partial charge in [-0.25, -0.2) is 0 Å². The van der Waals surface area contributed by atoms with Gasteiger partial charge in [0.15, 0.2) is 8.07 Å². The summed E-state index contributed by atoms with van der Waals surface area (Å²) < 4.78 is 0. The molecule has 0 fully saturated rings. The lowest BCUT2D eigenvalue weighted by Crippen LogP contribution is -2.74. The van der Waals surface area contributed by atoms with Crippen molar-refractivity contribution in [3.05, 3.63) is 301 Å². The van der Waals surface area contributed by atoms with E-state index < -0.39 is 18.9 Å². The summed E-state index contributed by atoms with van der Waals surface area (Å²) >= 11 is 0.